The summed E-state index contributed by atoms with van der Waals surface area (Å²) in [5, 5.41) is 5.69. The molecular formula is C12H11BrN4OS. The molecule has 0 aliphatic carbocycles. The molecule has 1 amide bonds. The van der Waals surface area contributed by atoms with E-state index in [1.165, 1.54) is 0 Å². The Morgan fingerprint density at radius 2 is 2.05 bits per heavy atom. The van der Waals surface area contributed by atoms with Crippen molar-refractivity contribution in [3.63, 3.8) is 0 Å². The fraction of sp³-hybridized carbons (Fsp3) is 0.250. The number of halogens is 1. The number of amides is 1. The molecule has 7 heteroatoms. The van der Waals surface area contributed by atoms with E-state index in [0.29, 0.717) is 17.7 Å². The van der Waals surface area contributed by atoms with E-state index < -0.39 is 0 Å². The van der Waals surface area contributed by atoms with Gasteiger partial charge in [0.25, 0.3) is 0 Å². The van der Waals surface area contributed by atoms with Gasteiger partial charge in [0.2, 0.25) is 10.7 Å². The zero-order chi connectivity index (χ0) is 13.4. The van der Waals surface area contributed by atoms with Crippen LogP contribution in [-0.4, -0.2) is 27.6 Å². The maximum atomic E-state index is 12.1. The van der Waals surface area contributed by atoms with Crippen LogP contribution >= 0.6 is 28.1 Å². The SMILES string of the molecule is O=C1CC(c2nc(=S)[nH][nH]2)CN1c1ccc(Br)cc1. The molecule has 0 saturated carbocycles. The lowest BCUT2D eigenvalue weighted by Gasteiger charge is -2.16. The molecule has 2 heterocycles. The molecule has 1 unspecified atom stereocenters. The molecule has 5 nitrogen and oxygen atoms in total. The molecule has 2 aromatic rings. The minimum absolute atomic E-state index is 0.0593. The van der Waals surface area contributed by atoms with E-state index in [1.54, 1.807) is 4.90 Å². The molecule has 0 spiro atoms. The van der Waals surface area contributed by atoms with Gasteiger partial charge in [-0.05, 0) is 36.5 Å². The minimum Gasteiger partial charge on any atom is -0.312 e. The third-order valence-corrected chi connectivity index (χ3v) is 3.89. The number of carbonyl (C=O) groups is 1. The third-order valence-electron chi connectivity index (χ3n) is 3.17. The van der Waals surface area contributed by atoms with Crippen LogP contribution in [0.5, 0.6) is 0 Å². The Morgan fingerprint density at radius 3 is 2.68 bits per heavy atom. The maximum Gasteiger partial charge on any atom is 0.227 e. The molecule has 2 N–H and O–H groups in total. The molecule has 3 rings (SSSR count). The maximum absolute atomic E-state index is 12.1. The first-order valence-electron chi connectivity index (χ1n) is 5.84. The second-order valence-corrected chi connectivity index (χ2v) is 5.74. The molecule has 1 fully saturated rings. The lowest BCUT2D eigenvalue weighted by atomic mass is 10.1. The summed E-state index contributed by atoms with van der Waals surface area (Å²) in [5.74, 6) is 0.914. The highest BCUT2D eigenvalue weighted by Gasteiger charge is 2.33. The molecule has 19 heavy (non-hydrogen) atoms. The summed E-state index contributed by atoms with van der Waals surface area (Å²) in [6.07, 6.45) is 0.451. The Kier molecular flexibility index (Phi) is 3.24. The summed E-state index contributed by atoms with van der Waals surface area (Å²) >= 11 is 8.32. The summed E-state index contributed by atoms with van der Waals surface area (Å²) in [6.45, 7) is 0.622. The van der Waals surface area contributed by atoms with Crippen LogP contribution in [0.1, 0.15) is 18.2 Å². The highest BCUT2D eigenvalue weighted by molar-refractivity contribution is 9.10. The molecule has 1 aromatic heterocycles. The summed E-state index contributed by atoms with van der Waals surface area (Å²) in [7, 11) is 0. The molecule has 1 aliphatic heterocycles. The molecule has 1 atom stereocenters. The quantitative estimate of drug-likeness (QED) is 0.827. The molecular weight excluding hydrogens is 328 g/mol. The minimum atomic E-state index is 0.0593. The Labute approximate surface area is 123 Å². The van der Waals surface area contributed by atoms with Gasteiger partial charge in [-0.3, -0.25) is 15.0 Å². The number of hydrogen-bond donors (Lipinski definition) is 2. The number of carbonyl (C=O) groups excluding carboxylic acids is 1. The number of nitrogens with one attached hydrogen (secondary N) is 2. The van der Waals surface area contributed by atoms with Crippen molar-refractivity contribution in [1.29, 1.82) is 0 Å². The van der Waals surface area contributed by atoms with E-state index in [-0.39, 0.29) is 11.8 Å². The summed E-state index contributed by atoms with van der Waals surface area (Å²) in [5.41, 5.74) is 0.907. The van der Waals surface area contributed by atoms with Crippen molar-refractivity contribution in [2.75, 3.05) is 11.4 Å². The molecule has 1 saturated heterocycles. The van der Waals surface area contributed by atoms with Gasteiger partial charge in [-0.25, -0.2) is 4.98 Å². The van der Waals surface area contributed by atoms with Crippen molar-refractivity contribution in [2.24, 2.45) is 0 Å². The number of aromatic nitrogens is 3. The van der Waals surface area contributed by atoms with E-state index in [9.17, 15) is 4.79 Å². The number of benzene rings is 1. The largest absolute Gasteiger partial charge is 0.312 e. The molecule has 0 radical (unpaired) electrons. The van der Waals surface area contributed by atoms with Crippen LogP contribution in [-0.2, 0) is 4.79 Å². The lowest BCUT2D eigenvalue weighted by molar-refractivity contribution is -0.117. The van der Waals surface area contributed by atoms with Gasteiger partial charge >= 0.3 is 0 Å². The molecule has 1 aliphatic rings. The first-order valence-corrected chi connectivity index (χ1v) is 7.04. The highest BCUT2D eigenvalue weighted by atomic mass is 79.9. The number of aromatic amines is 2. The molecule has 0 bridgehead atoms. The van der Waals surface area contributed by atoms with E-state index in [1.807, 2.05) is 24.3 Å². The number of anilines is 1. The number of H-pyrrole nitrogens is 2. The Balaban J connectivity index is 1.84. The highest BCUT2D eigenvalue weighted by Crippen LogP contribution is 2.30. The van der Waals surface area contributed by atoms with E-state index in [0.717, 1.165) is 16.0 Å². The predicted octanol–water partition coefficient (Wildman–Crippen LogP) is 2.75. The smallest absolute Gasteiger partial charge is 0.227 e. The standard InChI is InChI=1S/C12H11BrN4OS/c13-8-1-3-9(4-2-8)17-6-7(5-10(17)18)11-14-12(19)16-15-11/h1-4,7H,5-6H2,(H2,14,15,16,19). The predicted molar refractivity (Wildman–Crippen MR) is 77.6 cm³/mol. The van der Waals surface area contributed by atoms with Gasteiger partial charge in [0.05, 0.1) is 0 Å². The van der Waals surface area contributed by atoms with Crippen molar-refractivity contribution in [1.82, 2.24) is 15.2 Å². The van der Waals surface area contributed by atoms with E-state index >= 15 is 0 Å². The third kappa shape index (κ3) is 2.48. The number of rotatable bonds is 2. The fourth-order valence-corrected chi connectivity index (χ4v) is 2.65. The summed E-state index contributed by atoms with van der Waals surface area (Å²) in [4.78, 5) is 18.1. The monoisotopic (exact) mass is 338 g/mol. The Morgan fingerprint density at radius 1 is 1.32 bits per heavy atom. The Hall–Kier alpha value is -1.47. The van der Waals surface area contributed by atoms with E-state index in [2.05, 4.69) is 31.1 Å². The Bertz CT molecular complexity index is 663. The second kappa shape index (κ2) is 4.90. The van der Waals surface area contributed by atoms with Crippen LogP contribution in [0.15, 0.2) is 28.7 Å². The van der Waals surface area contributed by atoms with Crippen molar-refractivity contribution in [3.8, 4) is 0 Å². The second-order valence-electron chi connectivity index (χ2n) is 4.43. The number of nitrogens with zero attached hydrogens (tertiary/aromatic N) is 2. The average molecular weight is 339 g/mol. The van der Waals surface area contributed by atoms with Crippen molar-refractivity contribution in [3.05, 3.63) is 39.3 Å². The van der Waals surface area contributed by atoms with Crippen LogP contribution in [0.4, 0.5) is 5.69 Å². The summed E-state index contributed by atoms with van der Waals surface area (Å²) < 4.78 is 1.42. The van der Waals surface area contributed by atoms with Gasteiger partial charge in [0.15, 0.2) is 0 Å². The van der Waals surface area contributed by atoms with Gasteiger partial charge < -0.3 is 4.90 Å². The van der Waals surface area contributed by atoms with Gasteiger partial charge in [-0.2, -0.15) is 0 Å². The molecule has 1 aromatic carbocycles. The average Bonchev–Trinajstić information content (AvgIpc) is 2.97. The normalized spacial score (nSPS) is 19.1. The van der Waals surface area contributed by atoms with Crippen LogP contribution < -0.4 is 4.90 Å². The van der Waals surface area contributed by atoms with Crippen molar-refractivity contribution >= 4 is 39.7 Å². The first kappa shape index (κ1) is 12.6. The van der Waals surface area contributed by atoms with Crippen molar-refractivity contribution in [2.45, 2.75) is 12.3 Å². The number of hydrogen-bond acceptors (Lipinski definition) is 3. The lowest BCUT2D eigenvalue weighted by Crippen LogP contribution is -2.24. The van der Waals surface area contributed by atoms with Gasteiger partial charge in [0, 0.05) is 29.0 Å². The van der Waals surface area contributed by atoms with Crippen LogP contribution in [0.2, 0.25) is 0 Å². The fourth-order valence-electron chi connectivity index (χ4n) is 2.24. The summed E-state index contributed by atoms with van der Waals surface area (Å²) in [6, 6.07) is 7.71. The van der Waals surface area contributed by atoms with Crippen LogP contribution in [0.3, 0.4) is 0 Å². The van der Waals surface area contributed by atoms with Gasteiger partial charge in [-0.1, -0.05) is 15.9 Å². The van der Waals surface area contributed by atoms with Crippen LogP contribution in [0, 0.1) is 4.77 Å². The van der Waals surface area contributed by atoms with Crippen LogP contribution in [0.25, 0.3) is 0 Å². The van der Waals surface area contributed by atoms with Gasteiger partial charge in [0.1, 0.15) is 5.82 Å². The van der Waals surface area contributed by atoms with Crippen molar-refractivity contribution < 1.29 is 4.79 Å². The zero-order valence-electron chi connectivity index (χ0n) is 9.89. The first-order chi connectivity index (χ1) is 9.13. The van der Waals surface area contributed by atoms with E-state index in [4.69, 9.17) is 12.2 Å². The zero-order valence-corrected chi connectivity index (χ0v) is 12.3. The topological polar surface area (TPSA) is 64.8 Å². The molecule has 98 valence electrons. The van der Waals surface area contributed by atoms with Gasteiger partial charge in [-0.15, -0.1) is 0 Å².